The van der Waals surface area contributed by atoms with E-state index in [1.165, 1.54) is 0 Å². The highest BCUT2D eigenvalue weighted by Crippen LogP contribution is 2.26. The Labute approximate surface area is 85.0 Å². The second-order valence-corrected chi connectivity index (χ2v) is 4.07. The molecule has 2 N–H and O–H groups in total. The number of amides is 1. The average molecular weight is 243 g/mol. The van der Waals surface area contributed by atoms with Crippen molar-refractivity contribution < 1.29 is 4.79 Å². The predicted octanol–water partition coefficient (Wildman–Crippen LogP) is 1.76. The summed E-state index contributed by atoms with van der Waals surface area (Å²) in [6, 6.07) is 0. The van der Waals surface area contributed by atoms with Crippen LogP contribution in [-0.4, -0.2) is 17.4 Å². The van der Waals surface area contributed by atoms with Gasteiger partial charge in [0.15, 0.2) is 0 Å². The highest BCUT2D eigenvalue weighted by molar-refractivity contribution is 9.10. The van der Waals surface area contributed by atoms with Crippen LogP contribution >= 0.6 is 15.9 Å². The third kappa shape index (κ3) is 1.39. The molecule has 0 radical (unpaired) electrons. The first kappa shape index (κ1) is 8.81. The second kappa shape index (κ2) is 3.18. The molecule has 3 nitrogen and oxygen atoms in total. The quantitative estimate of drug-likeness (QED) is 0.716. The molecule has 1 amide bonds. The van der Waals surface area contributed by atoms with Gasteiger partial charge in [-0.3, -0.25) is 4.79 Å². The topological polar surface area (TPSA) is 44.9 Å². The second-order valence-electron chi connectivity index (χ2n) is 3.28. The number of hydrogen-bond donors (Lipinski definition) is 2. The first-order chi connectivity index (χ1) is 6.20. The van der Waals surface area contributed by atoms with Gasteiger partial charge in [-0.25, -0.2) is 0 Å². The molecule has 0 fully saturated rings. The number of H-pyrrole nitrogens is 1. The van der Waals surface area contributed by atoms with Gasteiger partial charge in [0.1, 0.15) is 0 Å². The molecule has 1 aromatic rings. The van der Waals surface area contributed by atoms with E-state index in [-0.39, 0.29) is 5.91 Å². The molecule has 1 aromatic heterocycles. The lowest BCUT2D eigenvalue weighted by molar-refractivity contribution is 0.0955. The molecule has 0 spiro atoms. The summed E-state index contributed by atoms with van der Waals surface area (Å²) in [6.07, 6.45) is 1.97. The van der Waals surface area contributed by atoms with Crippen LogP contribution < -0.4 is 5.32 Å². The Kier molecular flexibility index (Phi) is 2.15. The number of aryl methyl sites for hydroxylation is 1. The number of fused-ring (bicyclic) bond motifs is 1. The van der Waals surface area contributed by atoms with Crippen LogP contribution in [0.5, 0.6) is 0 Å². The van der Waals surface area contributed by atoms with Crippen molar-refractivity contribution in [3.05, 3.63) is 21.4 Å². The fourth-order valence-electron chi connectivity index (χ4n) is 1.74. The lowest BCUT2D eigenvalue weighted by atomic mass is 10.1. The number of aromatic nitrogens is 1. The molecule has 70 valence electrons. The largest absolute Gasteiger partial charge is 0.352 e. The molecular formula is C9H11BrN2O. The van der Waals surface area contributed by atoms with Crippen LogP contribution in [0.2, 0.25) is 0 Å². The van der Waals surface area contributed by atoms with Gasteiger partial charge >= 0.3 is 0 Å². The number of carbonyl (C=O) groups is 1. The fraction of sp³-hybridized carbons (Fsp3) is 0.444. The molecule has 0 atom stereocenters. The molecule has 0 unspecified atom stereocenters. The first-order valence-electron chi connectivity index (χ1n) is 4.35. The Morgan fingerprint density at radius 3 is 3.00 bits per heavy atom. The summed E-state index contributed by atoms with van der Waals surface area (Å²) in [7, 11) is 0. The number of nitrogens with one attached hydrogen (secondary N) is 2. The van der Waals surface area contributed by atoms with Crippen LogP contribution in [0.25, 0.3) is 0 Å². The molecule has 0 saturated carbocycles. The van der Waals surface area contributed by atoms with Gasteiger partial charge in [-0.1, -0.05) is 0 Å². The Balaban J connectivity index is 2.56. The van der Waals surface area contributed by atoms with E-state index in [1.54, 1.807) is 0 Å². The molecular weight excluding hydrogens is 232 g/mol. The smallest absolute Gasteiger partial charge is 0.253 e. The minimum absolute atomic E-state index is 0.0481. The molecule has 0 aromatic carbocycles. The van der Waals surface area contributed by atoms with Crippen molar-refractivity contribution in [2.24, 2.45) is 0 Å². The van der Waals surface area contributed by atoms with E-state index in [0.29, 0.717) is 0 Å². The van der Waals surface area contributed by atoms with E-state index in [0.717, 1.165) is 40.8 Å². The Morgan fingerprint density at radius 1 is 1.46 bits per heavy atom. The van der Waals surface area contributed by atoms with Crippen LogP contribution in [0, 0.1) is 6.92 Å². The summed E-state index contributed by atoms with van der Waals surface area (Å²) in [6.45, 7) is 2.70. The van der Waals surface area contributed by atoms with Crippen molar-refractivity contribution in [3.63, 3.8) is 0 Å². The van der Waals surface area contributed by atoms with E-state index in [1.807, 2.05) is 6.92 Å². The van der Waals surface area contributed by atoms with Crippen molar-refractivity contribution in [1.29, 1.82) is 0 Å². The van der Waals surface area contributed by atoms with Gasteiger partial charge in [0.05, 0.1) is 10.2 Å². The summed E-state index contributed by atoms with van der Waals surface area (Å²) in [4.78, 5) is 14.7. The Morgan fingerprint density at radius 2 is 2.23 bits per heavy atom. The summed E-state index contributed by atoms with van der Waals surface area (Å²) in [5.41, 5.74) is 2.89. The molecule has 0 bridgehead atoms. The third-order valence-electron chi connectivity index (χ3n) is 2.36. The van der Waals surface area contributed by atoms with Crippen molar-refractivity contribution in [2.75, 3.05) is 6.54 Å². The highest BCUT2D eigenvalue weighted by atomic mass is 79.9. The van der Waals surface area contributed by atoms with Crippen LogP contribution in [0.1, 0.15) is 28.0 Å². The molecule has 2 rings (SSSR count). The minimum atomic E-state index is 0.0481. The summed E-state index contributed by atoms with van der Waals surface area (Å²) in [5.74, 6) is 0.0481. The van der Waals surface area contributed by atoms with Crippen molar-refractivity contribution >= 4 is 21.8 Å². The summed E-state index contributed by atoms with van der Waals surface area (Å²) < 4.78 is 0.956. The predicted molar refractivity (Wildman–Crippen MR) is 53.9 cm³/mol. The van der Waals surface area contributed by atoms with Crippen molar-refractivity contribution in [2.45, 2.75) is 19.8 Å². The summed E-state index contributed by atoms with van der Waals surface area (Å²) >= 11 is 3.43. The molecule has 13 heavy (non-hydrogen) atoms. The number of rotatable bonds is 0. The van der Waals surface area contributed by atoms with Crippen LogP contribution in [-0.2, 0) is 6.42 Å². The standard InChI is InChI=1S/C9H11BrN2O/c1-5-7-6(8(10)12-5)3-2-4-11-9(7)13/h12H,2-4H2,1H3,(H,11,13). The van der Waals surface area contributed by atoms with Gasteiger partial charge in [-0.15, -0.1) is 0 Å². The van der Waals surface area contributed by atoms with Gasteiger partial charge < -0.3 is 10.3 Å². The zero-order valence-electron chi connectivity index (χ0n) is 7.41. The van der Waals surface area contributed by atoms with Gasteiger partial charge in [-0.05, 0) is 41.3 Å². The molecule has 1 aliphatic heterocycles. The SMILES string of the molecule is Cc1[nH]c(Br)c2c1C(=O)NCCC2. The zero-order chi connectivity index (χ0) is 9.42. The van der Waals surface area contributed by atoms with Crippen LogP contribution in [0.4, 0.5) is 0 Å². The number of halogens is 1. The van der Waals surface area contributed by atoms with Crippen LogP contribution in [0.15, 0.2) is 4.60 Å². The number of hydrogen-bond acceptors (Lipinski definition) is 1. The maximum atomic E-state index is 11.6. The normalized spacial score (nSPS) is 16.3. The van der Waals surface area contributed by atoms with Crippen molar-refractivity contribution in [1.82, 2.24) is 10.3 Å². The van der Waals surface area contributed by atoms with Gasteiger partial charge in [0, 0.05) is 12.2 Å². The Hall–Kier alpha value is -0.770. The van der Waals surface area contributed by atoms with E-state index < -0.39 is 0 Å². The first-order valence-corrected chi connectivity index (χ1v) is 5.14. The molecule has 0 aliphatic carbocycles. The Bertz CT molecular complexity index is 357. The van der Waals surface area contributed by atoms with E-state index in [4.69, 9.17) is 0 Å². The molecule has 2 heterocycles. The van der Waals surface area contributed by atoms with Crippen molar-refractivity contribution in [3.8, 4) is 0 Å². The highest BCUT2D eigenvalue weighted by Gasteiger charge is 2.21. The van der Waals surface area contributed by atoms with E-state index in [2.05, 4.69) is 26.2 Å². The molecule has 1 aliphatic rings. The maximum absolute atomic E-state index is 11.6. The van der Waals surface area contributed by atoms with E-state index >= 15 is 0 Å². The minimum Gasteiger partial charge on any atom is -0.352 e. The molecule has 4 heteroatoms. The lowest BCUT2D eigenvalue weighted by Crippen LogP contribution is -2.22. The third-order valence-corrected chi connectivity index (χ3v) is 3.03. The van der Waals surface area contributed by atoms with Gasteiger partial charge in [-0.2, -0.15) is 0 Å². The number of carbonyl (C=O) groups excluding carboxylic acids is 1. The van der Waals surface area contributed by atoms with Gasteiger partial charge in [0.25, 0.3) is 5.91 Å². The maximum Gasteiger partial charge on any atom is 0.253 e. The van der Waals surface area contributed by atoms with Crippen LogP contribution in [0.3, 0.4) is 0 Å². The number of aromatic amines is 1. The monoisotopic (exact) mass is 242 g/mol. The zero-order valence-corrected chi connectivity index (χ0v) is 8.99. The lowest BCUT2D eigenvalue weighted by Gasteiger charge is -1.99. The van der Waals surface area contributed by atoms with E-state index in [9.17, 15) is 4.79 Å². The molecule has 0 saturated heterocycles. The van der Waals surface area contributed by atoms with Gasteiger partial charge in [0.2, 0.25) is 0 Å². The summed E-state index contributed by atoms with van der Waals surface area (Å²) in [5, 5.41) is 2.88. The average Bonchev–Trinajstić information content (AvgIpc) is 2.28. The fourth-order valence-corrected chi connectivity index (χ4v) is 2.43.